The number of anilines is 2. The lowest BCUT2D eigenvalue weighted by molar-refractivity contribution is 0.0986. The molecule has 4 nitrogen and oxygen atoms in total. The number of nitrogen functional groups attached to an aromatic ring is 1. The lowest BCUT2D eigenvalue weighted by Gasteiger charge is -2.05. The van der Waals surface area contributed by atoms with E-state index in [1.54, 1.807) is 12.3 Å². The molecule has 2 aromatic heterocycles. The van der Waals surface area contributed by atoms with Crippen LogP contribution in [0.2, 0.25) is 5.02 Å². The first-order valence-corrected chi connectivity index (χ1v) is 10.5. The Labute approximate surface area is 178 Å². The van der Waals surface area contributed by atoms with Gasteiger partial charge in [0.2, 0.25) is 0 Å². The first-order chi connectivity index (χ1) is 14.1. The smallest absolute Gasteiger partial charge is 0.173 e. The highest BCUT2D eigenvalue weighted by atomic mass is 35.5. The number of hydrogen-bond acceptors (Lipinski definition) is 5. The summed E-state index contributed by atoms with van der Waals surface area (Å²) in [4.78, 5) is 18.4. The number of ketones is 1. The maximum atomic E-state index is 12.7. The van der Waals surface area contributed by atoms with E-state index in [-0.39, 0.29) is 5.78 Å². The average Bonchev–Trinajstić information content (AvgIpc) is 3.12. The number of benzene rings is 2. The van der Waals surface area contributed by atoms with Crippen molar-refractivity contribution in [2.75, 3.05) is 11.1 Å². The maximum Gasteiger partial charge on any atom is 0.173 e. The number of nitrogens with two attached hydrogens (primary N) is 1. The Morgan fingerprint density at radius 3 is 2.76 bits per heavy atom. The van der Waals surface area contributed by atoms with Gasteiger partial charge >= 0.3 is 0 Å². The molecule has 0 saturated heterocycles. The van der Waals surface area contributed by atoms with Crippen LogP contribution in [-0.2, 0) is 13.0 Å². The molecule has 0 aliphatic heterocycles. The van der Waals surface area contributed by atoms with Gasteiger partial charge < -0.3 is 11.1 Å². The molecule has 0 unspecified atom stereocenters. The fourth-order valence-electron chi connectivity index (χ4n) is 3.19. The summed E-state index contributed by atoms with van der Waals surface area (Å²) in [6.07, 6.45) is 2.81. The summed E-state index contributed by atoms with van der Waals surface area (Å²) in [5, 5.41) is 5.94. The minimum Gasteiger partial charge on any atom is -0.383 e. The van der Waals surface area contributed by atoms with Gasteiger partial charge in [-0.25, -0.2) is 4.98 Å². The van der Waals surface area contributed by atoms with Crippen molar-refractivity contribution in [1.82, 2.24) is 4.98 Å². The Bertz CT molecular complexity index is 1160. The molecular weight excluding hydrogens is 402 g/mol. The number of pyridine rings is 1. The van der Waals surface area contributed by atoms with Gasteiger partial charge in [0.15, 0.2) is 5.78 Å². The second kappa shape index (κ2) is 8.64. The van der Waals surface area contributed by atoms with Gasteiger partial charge in [-0.3, -0.25) is 4.79 Å². The predicted octanol–water partition coefficient (Wildman–Crippen LogP) is 5.96. The molecule has 3 N–H and O–H groups in total. The number of Topliss-reactive ketones (excluding diaryl/α,β-unsaturated/α-hetero) is 1. The first kappa shape index (κ1) is 19.4. The van der Waals surface area contributed by atoms with Gasteiger partial charge in [0, 0.05) is 28.6 Å². The Hall–Kier alpha value is -2.89. The van der Waals surface area contributed by atoms with Crippen molar-refractivity contribution in [1.29, 1.82) is 0 Å². The monoisotopic (exact) mass is 421 g/mol. The highest BCUT2D eigenvalue weighted by molar-refractivity contribution is 7.14. The number of rotatable bonds is 7. The Kier molecular flexibility index (Phi) is 5.79. The van der Waals surface area contributed by atoms with Crippen LogP contribution in [0.4, 0.5) is 11.5 Å². The summed E-state index contributed by atoms with van der Waals surface area (Å²) in [6, 6.07) is 19.7. The molecule has 0 radical (unpaired) electrons. The normalized spacial score (nSPS) is 10.9. The van der Waals surface area contributed by atoms with Gasteiger partial charge in [0.05, 0.1) is 16.4 Å². The van der Waals surface area contributed by atoms with Crippen molar-refractivity contribution in [3.05, 3.63) is 87.2 Å². The number of carbonyl (C=O) groups is 1. The van der Waals surface area contributed by atoms with E-state index in [1.807, 2.05) is 48.5 Å². The number of aromatic nitrogens is 1. The fraction of sp³-hybridized carbons (Fsp3) is 0.130. The molecule has 0 bridgehead atoms. The second-order valence-corrected chi connectivity index (χ2v) is 8.32. The molecule has 4 aromatic rings. The third-order valence-corrected chi connectivity index (χ3v) is 6.38. The zero-order chi connectivity index (χ0) is 20.2. The zero-order valence-corrected chi connectivity index (χ0v) is 17.3. The molecule has 2 heterocycles. The van der Waals surface area contributed by atoms with Crippen LogP contribution in [-0.4, -0.2) is 10.8 Å². The maximum absolute atomic E-state index is 12.7. The highest BCUT2D eigenvalue weighted by Gasteiger charge is 2.14. The van der Waals surface area contributed by atoms with Crippen molar-refractivity contribution >= 4 is 51.0 Å². The Morgan fingerprint density at radius 1 is 1.10 bits per heavy atom. The summed E-state index contributed by atoms with van der Waals surface area (Å²) in [7, 11) is 0. The van der Waals surface area contributed by atoms with Crippen molar-refractivity contribution < 1.29 is 4.79 Å². The van der Waals surface area contributed by atoms with E-state index >= 15 is 0 Å². The van der Waals surface area contributed by atoms with Crippen LogP contribution in [0.3, 0.4) is 0 Å². The van der Waals surface area contributed by atoms with E-state index in [4.69, 9.17) is 17.3 Å². The van der Waals surface area contributed by atoms with Gasteiger partial charge in [-0.2, -0.15) is 0 Å². The topological polar surface area (TPSA) is 68.0 Å². The average molecular weight is 422 g/mol. The molecule has 6 heteroatoms. The van der Waals surface area contributed by atoms with Crippen LogP contribution in [0.1, 0.15) is 26.5 Å². The van der Waals surface area contributed by atoms with Crippen LogP contribution < -0.4 is 11.1 Å². The summed E-state index contributed by atoms with van der Waals surface area (Å²) in [5.41, 5.74) is 8.03. The number of nitrogens with one attached hydrogen (secondary N) is 1. The van der Waals surface area contributed by atoms with Crippen LogP contribution in [0, 0.1) is 0 Å². The third kappa shape index (κ3) is 4.58. The van der Waals surface area contributed by atoms with E-state index in [9.17, 15) is 4.79 Å². The molecular formula is C23H20ClN3OS. The zero-order valence-electron chi connectivity index (χ0n) is 15.7. The molecule has 0 spiro atoms. The number of para-hydroxylation sites is 1. The second-order valence-electron chi connectivity index (χ2n) is 6.78. The van der Waals surface area contributed by atoms with Gasteiger partial charge in [-0.15, -0.1) is 11.3 Å². The van der Waals surface area contributed by atoms with E-state index in [0.29, 0.717) is 35.1 Å². The number of fused-ring (bicyclic) bond motifs is 1. The summed E-state index contributed by atoms with van der Waals surface area (Å²) in [5.74, 6) is 0.632. The number of hydrogen-bond donors (Lipinski definition) is 2. The van der Waals surface area contributed by atoms with Gasteiger partial charge in [-0.1, -0.05) is 48.0 Å². The number of thiophene rings is 1. The van der Waals surface area contributed by atoms with Gasteiger partial charge in [0.1, 0.15) is 5.82 Å². The summed E-state index contributed by atoms with van der Waals surface area (Å²) in [6.45, 7) is 0.598. The van der Waals surface area contributed by atoms with Crippen molar-refractivity contribution in [2.45, 2.75) is 19.4 Å². The summed E-state index contributed by atoms with van der Waals surface area (Å²) >= 11 is 7.81. The molecule has 0 saturated carbocycles. The number of halogens is 1. The van der Waals surface area contributed by atoms with Gasteiger partial charge in [0.25, 0.3) is 0 Å². The van der Waals surface area contributed by atoms with Crippen LogP contribution >= 0.6 is 22.9 Å². The fourth-order valence-corrected chi connectivity index (χ4v) is 4.51. The van der Waals surface area contributed by atoms with Crippen LogP contribution in [0.5, 0.6) is 0 Å². The lowest BCUT2D eigenvalue weighted by atomic mass is 10.0. The van der Waals surface area contributed by atoms with E-state index in [0.717, 1.165) is 26.9 Å². The third-order valence-electron chi connectivity index (χ3n) is 4.76. The molecule has 0 aliphatic carbocycles. The molecule has 0 amide bonds. The van der Waals surface area contributed by atoms with Gasteiger partial charge in [-0.05, 0) is 41.6 Å². The van der Waals surface area contributed by atoms with Crippen LogP contribution in [0.15, 0.2) is 66.9 Å². The van der Waals surface area contributed by atoms with Crippen molar-refractivity contribution in [3.8, 4) is 0 Å². The van der Waals surface area contributed by atoms with Crippen molar-refractivity contribution in [2.24, 2.45) is 0 Å². The summed E-state index contributed by atoms with van der Waals surface area (Å²) < 4.78 is 0. The Balaban J connectivity index is 1.40. The lowest BCUT2D eigenvalue weighted by Crippen LogP contribution is -1.99. The predicted molar refractivity (Wildman–Crippen MR) is 122 cm³/mol. The van der Waals surface area contributed by atoms with E-state index in [2.05, 4.69) is 16.4 Å². The number of carbonyl (C=O) groups excluding carboxylic acids is 1. The molecule has 4 rings (SSSR count). The van der Waals surface area contributed by atoms with E-state index in [1.165, 1.54) is 11.3 Å². The van der Waals surface area contributed by atoms with Crippen LogP contribution in [0.25, 0.3) is 10.8 Å². The molecule has 2 aromatic carbocycles. The molecule has 0 atom stereocenters. The minimum absolute atomic E-state index is 0.109. The molecule has 0 fully saturated rings. The van der Waals surface area contributed by atoms with E-state index < -0.39 is 0 Å². The highest BCUT2D eigenvalue weighted by Crippen LogP contribution is 2.29. The molecule has 0 aliphatic rings. The number of aryl methyl sites for hydroxylation is 1. The Morgan fingerprint density at radius 2 is 1.93 bits per heavy atom. The molecule has 146 valence electrons. The largest absolute Gasteiger partial charge is 0.383 e. The first-order valence-electron chi connectivity index (χ1n) is 9.33. The quantitative estimate of drug-likeness (QED) is 0.361. The SMILES string of the molecule is Nc1nccc2cc(CCC(=O)c3cc(Cl)c(CNc4ccccc4)s3)ccc12. The standard InChI is InChI=1S/C23H20ClN3OS/c24-19-13-21(29-22(19)14-27-17-4-2-1-3-5-17)20(28)9-7-15-6-8-18-16(12-15)10-11-26-23(18)25/h1-6,8,10-13,27H,7,9,14H2,(H2,25,26). The minimum atomic E-state index is 0.109. The molecule has 29 heavy (non-hydrogen) atoms. The van der Waals surface area contributed by atoms with Crippen molar-refractivity contribution in [3.63, 3.8) is 0 Å². The number of nitrogens with zero attached hydrogens (tertiary/aromatic N) is 1.